The van der Waals surface area contributed by atoms with Crippen LogP contribution < -0.4 is 9.47 Å². The first kappa shape index (κ1) is 21.1. The largest absolute Gasteiger partial charge is 0.516 e. The normalized spacial score (nSPS) is 18.2. The lowest BCUT2D eigenvalue weighted by Gasteiger charge is -2.22. The zero-order valence-electron chi connectivity index (χ0n) is 16.6. The summed E-state index contributed by atoms with van der Waals surface area (Å²) in [6.07, 6.45) is 0.367. The maximum Gasteiger partial charge on any atom is 0.416 e. The van der Waals surface area contributed by atoms with E-state index >= 15 is 0 Å². The fraction of sp³-hybridized carbons (Fsp3) is 0.391. The van der Waals surface area contributed by atoms with Crippen molar-refractivity contribution < 1.29 is 27.8 Å². The number of benzene rings is 2. The average Bonchev–Trinajstić information content (AvgIpc) is 3.19. The second-order valence-electron chi connectivity index (χ2n) is 7.18. The first-order chi connectivity index (χ1) is 13.9. The molecule has 0 bridgehead atoms. The molecule has 2 aromatic carbocycles. The number of alkyl halides is 3. The van der Waals surface area contributed by atoms with Gasteiger partial charge in [0.2, 0.25) is 0 Å². The first-order valence-corrected chi connectivity index (χ1v) is 9.70. The summed E-state index contributed by atoms with van der Waals surface area (Å²) in [5, 5.41) is 9.63. The van der Waals surface area contributed by atoms with Gasteiger partial charge in [0, 0.05) is 17.5 Å². The van der Waals surface area contributed by atoms with Gasteiger partial charge in [-0.05, 0) is 60.6 Å². The van der Waals surface area contributed by atoms with Gasteiger partial charge in [-0.2, -0.15) is 13.2 Å². The minimum Gasteiger partial charge on any atom is -0.516 e. The molecular weight excluding hydrogens is 381 g/mol. The second kappa shape index (κ2) is 8.80. The van der Waals surface area contributed by atoms with E-state index in [2.05, 4.69) is 6.92 Å². The van der Waals surface area contributed by atoms with E-state index in [1.54, 1.807) is 7.11 Å². The summed E-state index contributed by atoms with van der Waals surface area (Å²) in [6, 6.07) is 8.77. The van der Waals surface area contributed by atoms with Crippen LogP contribution in [0.1, 0.15) is 54.4 Å². The van der Waals surface area contributed by atoms with Crippen LogP contribution in [0.25, 0.3) is 0 Å². The van der Waals surface area contributed by atoms with Crippen molar-refractivity contribution in [1.82, 2.24) is 0 Å². The summed E-state index contributed by atoms with van der Waals surface area (Å²) in [6.45, 7) is 2.20. The van der Waals surface area contributed by atoms with E-state index in [-0.39, 0.29) is 12.5 Å². The number of methoxy groups -OCH3 is 1. The van der Waals surface area contributed by atoms with Crippen LogP contribution in [-0.2, 0) is 19.2 Å². The first-order valence-electron chi connectivity index (χ1n) is 9.70. The topological polar surface area (TPSA) is 38.7 Å². The SMILES string of the molecule is CCc1cc(OC)cc(OCc2ccc(C(F)(F)F)cc2)c1C1CCC/C1=C/O. The molecule has 0 radical (unpaired) electrons. The van der Waals surface area contributed by atoms with Crippen molar-refractivity contribution >= 4 is 0 Å². The van der Waals surface area contributed by atoms with E-state index in [0.717, 1.165) is 54.5 Å². The number of allylic oxidation sites excluding steroid dienone is 1. The number of hydrogen-bond donors (Lipinski definition) is 1. The van der Waals surface area contributed by atoms with Crippen LogP contribution in [0.2, 0.25) is 0 Å². The zero-order chi connectivity index (χ0) is 21.0. The molecule has 3 rings (SSSR count). The molecule has 0 aliphatic heterocycles. The highest BCUT2D eigenvalue weighted by molar-refractivity contribution is 5.52. The average molecular weight is 406 g/mol. The van der Waals surface area contributed by atoms with Crippen LogP contribution in [0.3, 0.4) is 0 Å². The highest BCUT2D eigenvalue weighted by atomic mass is 19.4. The Morgan fingerprint density at radius 2 is 1.90 bits per heavy atom. The predicted molar refractivity (Wildman–Crippen MR) is 105 cm³/mol. The molecule has 3 nitrogen and oxygen atoms in total. The van der Waals surface area contributed by atoms with E-state index in [1.807, 2.05) is 12.1 Å². The summed E-state index contributed by atoms with van der Waals surface area (Å²) in [5.41, 5.74) is 3.05. The van der Waals surface area contributed by atoms with Gasteiger partial charge in [0.1, 0.15) is 18.1 Å². The maximum atomic E-state index is 12.8. The van der Waals surface area contributed by atoms with E-state index in [4.69, 9.17) is 9.47 Å². The third-order valence-electron chi connectivity index (χ3n) is 5.41. The van der Waals surface area contributed by atoms with Crippen molar-refractivity contribution in [3.05, 3.63) is 70.5 Å². The van der Waals surface area contributed by atoms with Gasteiger partial charge in [0.05, 0.1) is 18.9 Å². The van der Waals surface area contributed by atoms with Gasteiger partial charge in [-0.15, -0.1) is 0 Å². The highest BCUT2D eigenvalue weighted by Crippen LogP contribution is 2.45. The van der Waals surface area contributed by atoms with Gasteiger partial charge in [0.25, 0.3) is 0 Å². The van der Waals surface area contributed by atoms with Crippen molar-refractivity contribution in [1.29, 1.82) is 0 Å². The lowest BCUT2D eigenvalue weighted by molar-refractivity contribution is -0.137. The van der Waals surface area contributed by atoms with Crippen LogP contribution in [0.15, 0.2) is 48.2 Å². The highest BCUT2D eigenvalue weighted by Gasteiger charge is 2.30. The molecule has 1 saturated carbocycles. The standard InChI is InChI=1S/C23H25F3O3/c1-3-16-11-19(28-2)12-21(22(16)20-6-4-5-17(20)13-27)29-14-15-7-9-18(10-8-15)23(24,25)26/h7-13,20,27H,3-6,14H2,1-2H3/b17-13-. The minimum absolute atomic E-state index is 0.0726. The number of rotatable bonds is 6. The third-order valence-corrected chi connectivity index (χ3v) is 5.41. The molecular formula is C23H25F3O3. The maximum absolute atomic E-state index is 12.8. The molecule has 1 unspecified atom stereocenters. The summed E-state index contributed by atoms with van der Waals surface area (Å²) in [4.78, 5) is 0. The lowest BCUT2D eigenvalue weighted by Crippen LogP contribution is -2.08. The quantitative estimate of drug-likeness (QED) is 0.552. The van der Waals surface area contributed by atoms with E-state index in [1.165, 1.54) is 18.4 Å². The number of halogens is 3. The van der Waals surface area contributed by atoms with Crippen LogP contribution in [0.4, 0.5) is 13.2 Å². The number of hydrogen-bond acceptors (Lipinski definition) is 3. The number of ether oxygens (including phenoxy) is 2. The minimum atomic E-state index is -4.36. The molecule has 1 aliphatic carbocycles. The van der Waals surface area contributed by atoms with Crippen molar-refractivity contribution in [2.24, 2.45) is 0 Å². The van der Waals surface area contributed by atoms with Gasteiger partial charge < -0.3 is 14.6 Å². The molecule has 29 heavy (non-hydrogen) atoms. The number of aryl methyl sites for hydroxylation is 1. The molecule has 156 valence electrons. The van der Waals surface area contributed by atoms with Gasteiger partial charge in [0.15, 0.2) is 0 Å². The molecule has 0 heterocycles. The molecule has 0 spiro atoms. The molecule has 1 aliphatic rings. The Bertz CT molecular complexity index is 870. The fourth-order valence-electron chi connectivity index (χ4n) is 3.89. The molecule has 2 aromatic rings. The predicted octanol–water partition coefficient (Wildman–Crippen LogP) is 6.56. The molecule has 1 N–H and O–H groups in total. The van der Waals surface area contributed by atoms with Crippen LogP contribution in [0, 0.1) is 0 Å². The second-order valence-corrected chi connectivity index (χ2v) is 7.18. The lowest BCUT2D eigenvalue weighted by atomic mass is 9.88. The monoisotopic (exact) mass is 406 g/mol. The number of aliphatic hydroxyl groups is 1. The van der Waals surface area contributed by atoms with E-state index < -0.39 is 11.7 Å². The van der Waals surface area contributed by atoms with Crippen molar-refractivity contribution in [3.8, 4) is 11.5 Å². The Labute approximate surface area is 168 Å². The Balaban J connectivity index is 1.91. The summed E-state index contributed by atoms with van der Waals surface area (Å²) in [7, 11) is 1.59. The number of aliphatic hydroxyl groups excluding tert-OH is 1. The summed E-state index contributed by atoms with van der Waals surface area (Å²) >= 11 is 0. The van der Waals surface area contributed by atoms with Crippen LogP contribution in [-0.4, -0.2) is 12.2 Å². The van der Waals surface area contributed by atoms with Gasteiger partial charge in [-0.3, -0.25) is 0 Å². The van der Waals surface area contributed by atoms with Gasteiger partial charge >= 0.3 is 6.18 Å². The van der Waals surface area contributed by atoms with E-state index in [0.29, 0.717) is 17.1 Å². The smallest absolute Gasteiger partial charge is 0.416 e. The zero-order valence-corrected chi connectivity index (χ0v) is 16.6. The molecule has 1 fully saturated rings. The molecule has 1 atom stereocenters. The summed E-state index contributed by atoms with van der Waals surface area (Å²) in [5.74, 6) is 1.39. The molecule has 6 heteroatoms. The Morgan fingerprint density at radius 3 is 2.48 bits per heavy atom. The molecule has 0 saturated heterocycles. The van der Waals surface area contributed by atoms with Crippen molar-refractivity contribution in [2.45, 2.75) is 51.3 Å². The Kier molecular flexibility index (Phi) is 6.40. The van der Waals surface area contributed by atoms with E-state index in [9.17, 15) is 18.3 Å². The van der Waals surface area contributed by atoms with Crippen LogP contribution in [0.5, 0.6) is 11.5 Å². The van der Waals surface area contributed by atoms with Crippen molar-refractivity contribution in [3.63, 3.8) is 0 Å². The van der Waals surface area contributed by atoms with Gasteiger partial charge in [-0.1, -0.05) is 19.1 Å². The van der Waals surface area contributed by atoms with Crippen molar-refractivity contribution in [2.75, 3.05) is 7.11 Å². The third kappa shape index (κ3) is 4.69. The fourth-order valence-corrected chi connectivity index (χ4v) is 3.89. The Hall–Kier alpha value is -2.63. The van der Waals surface area contributed by atoms with Gasteiger partial charge in [-0.25, -0.2) is 0 Å². The molecule has 0 aromatic heterocycles. The molecule has 0 amide bonds. The Morgan fingerprint density at radius 1 is 1.17 bits per heavy atom. The van der Waals surface area contributed by atoms with Crippen LogP contribution >= 0.6 is 0 Å². The summed E-state index contributed by atoms with van der Waals surface area (Å²) < 4.78 is 49.8.